The van der Waals surface area contributed by atoms with Gasteiger partial charge in [0.2, 0.25) is 0 Å². The minimum Gasteiger partial charge on any atom is -0.497 e. The minimum atomic E-state index is -3.66. The standard InChI is InChI=1S/C14H17NO3S/c1-13(2)8-14(9-13,10-15)19(16,17)12-6-4-5-11(7-12)18-3/h4-7H,8-9H2,1-3H3. The molecule has 0 spiro atoms. The van der Waals surface area contributed by atoms with E-state index in [9.17, 15) is 13.7 Å². The van der Waals surface area contributed by atoms with Gasteiger partial charge in [0.05, 0.1) is 18.1 Å². The van der Waals surface area contributed by atoms with Gasteiger partial charge in [0.1, 0.15) is 5.75 Å². The zero-order valence-corrected chi connectivity index (χ0v) is 12.1. The predicted molar refractivity (Wildman–Crippen MR) is 71.5 cm³/mol. The molecule has 0 atom stereocenters. The smallest absolute Gasteiger partial charge is 0.197 e. The molecular formula is C14H17NO3S. The first-order valence-electron chi connectivity index (χ1n) is 6.06. The van der Waals surface area contributed by atoms with E-state index >= 15 is 0 Å². The number of methoxy groups -OCH3 is 1. The number of rotatable bonds is 3. The van der Waals surface area contributed by atoms with Crippen LogP contribution in [-0.2, 0) is 9.84 Å². The molecule has 1 aliphatic carbocycles. The van der Waals surface area contributed by atoms with Crippen molar-refractivity contribution in [2.24, 2.45) is 5.41 Å². The second kappa shape index (κ2) is 4.24. The Balaban J connectivity index is 2.46. The lowest BCUT2D eigenvalue weighted by molar-refractivity contribution is 0.154. The zero-order chi connectivity index (χ0) is 14.3. The second-order valence-electron chi connectivity index (χ2n) is 5.81. The molecule has 0 radical (unpaired) electrons. The average molecular weight is 279 g/mol. The Hall–Kier alpha value is -1.54. The summed E-state index contributed by atoms with van der Waals surface area (Å²) in [7, 11) is -2.17. The van der Waals surface area contributed by atoms with Gasteiger partial charge in [0, 0.05) is 0 Å². The van der Waals surface area contributed by atoms with E-state index in [1.807, 2.05) is 19.9 Å². The van der Waals surface area contributed by atoms with Crippen molar-refractivity contribution in [1.29, 1.82) is 5.26 Å². The Morgan fingerprint density at radius 2 is 1.95 bits per heavy atom. The maximum absolute atomic E-state index is 12.6. The van der Waals surface area contributed by atoms with Crippen LogP contribution in [0, 0.1) is 16.7 Å². The van der Waals surface area contributed by atoms with Crippen LogP contribution in [0.15, 0.2) is 29.2 Å². The first-order chi connectivity index (χ1) is 8.76. The number of benzene rings is 1. The fraction of sp³-hybridized carbons (Fsp3) is 0.500. The van der Waals surface area contributed by atoms with Gasteiger partial charge in [0.15, 0.2) is 14.6 Å². The summed E-state index contributed by atoms with van der Waals surface area (Å²) < 4.78 is 29.0. The first kappa shape index (κ1) is 13.9. The fourth-order valence-electron chi connectivity index (χ4n) is 2.82. The summed E-state index contributed by atoms with van der Waals surface area (Å²) in [5.74, 6) is 0.479. The monoisotopic (exact) mass is 279 g/mol. The van der Waals surface area contributed by atoms with Crippen LogP contribution in [0.1, 0.15) is 26.7 Å². The molecule has 1 aromatic carbocycles. The van der Waals surface area contributed by atoms with Crippen molar-refractivity contribution in [3.8, 4) is 11.8 Å². The molecule has 0 N–H and O–H groups in total. The van der Waals surface area contributed by atoms with Crippen molar-refractivity contribution in [3.63, 3.8) is 0 Å². The number of nitriles is 1. The van der Waals surface area contributed by atoms with Crippen LogP contribution < -0.4 is 4.74 Å². The Labute approximate surface area is 113 Å². The lowest BCUT2D eigenvalue weighted by Crippen LogP contribution is -2.53. The molecule has 0 bridgehead atoms. The Kier molecular flexibility index (Phi) is 3.10. The number of ether oxygens (including phenoxy) is 1. The Bertz CT molecular complexity index is 633. The predicted octanol–water partition coefficient (Wildman–Crippen LogP) is 2.55. The maximum atomic E-state index is 12.6. The van der Waals surface area contributed by atoms with E-state index < -0.39 is 14.6 Å². The van der Waals surface area contributed by atoms with E-state index in [4.69, 9.17) is 4.74 Å². The van der Waals surface area contributed by atoms with Crippen LogP contribution in [-0.4, -0.2) is 20.3 Å². The van der Waals surface area contributed by atoms with Gasteiger partial charge in [-0.3, -0.25) is 0 Å². The molecule has 0 saturated heterocycles. The highest BCUT2D eigenvalue weighted by atomic mass is 32.2. The largest absolute Gasteiger partial charge is 0.497 e. The normalized spacial score (nSPS) is 20.1. The van der Waals surface area contributed by atoms with Crippen molar-refractivity contribution in [2.75, 3.05) is 7.11 Å². The summed E-state index contributed by atoms with van der Waals surface area (Å²) in [5.41, 5.74) is -0.0956. The molecule has 19 heavy (non-hydrogen) atoms. The van der Waals surface area contributed by atoms with E-state index in [2.05, 4.69) is 0 Å². The average Bonchev–Trinajstić information content (AvgIpc) is 2.35. The van der Waals surface area contributed by atoms with Gasteiger partial charge < -0.3 is 4.74 Å². The topological polar surface area (TPSA) is 67.2 Å². The van der Waals surface area contributed by atoms with Crippen LogP contribution in [0.4, 0.5) is 0 Å². The molecule has 2 rings (SSSR count). The Morgan fingerprint density at radius 1 is 1.32 bits per heavy atom. The van der Waals surface area contributed by atoms with Crippen molar-refractivity contribution < 1.29 is 13.2 Å². The van der Waals surface area contributed by atoms with Crippen LogP contribution in [0.3, 0.4) is 0 Å². The van der Waals surface area contributed by atoms with Crippen LogP contribution in [0.5, 0.6) is 5.75 Å². The van der Waals surface area contributed by atoms with Gasteiger partial charge in [-0.2, -0.15) is 5.26 Å². The van der Waals surface area contributed by atoms with E-state index in [0.717, 1.165) is 0 Å². The molecule has 1 saturated carbocycles. The third kappa shape index (κ3) is 2.10. The number of hydrogen-bond donors (Lipinski definition) is 0. The van der Waals surface area contributed by atoms with E-state index in [1.165, 1.54) is 19.2 Å². The van der Waals surface area contributed by atoms with E-state index in [1.54, 1.807) is 12.1 Å². The summed E-state index contributed by atoms with van der Waals surface area (Å²) in [4.78, 5) is 0.156. The summed E-state index contributed by atoms with van der Waals surface area (Å²) >= 11 is 0. The molecular weight excluding hydrogens is 262 g/mol. The zero-order valence-electron chi connectivity index (χ0n) is 11.3. The minimum absolute atomic E-state index is 0.0956. The first-order valence-corrected chi connectivity index (χ1v) is 7.55. The summed E-state index contributed by atoms with van der Waals surface area (Å²) in [5, 5.41) is 9.33. The van der Waals surface area contributed by atoms with E-state index in [0.29, 0.717) is 18.6 Å². The van der Waals surface area contributed by atoms with Gasteiger partial charge >= 0.3 is 0 Å². The molecule has 0 amide bonds. The van der Waals surface area contributed by atoms with Crippen molar-refractivity contribution in [2.45, 2.75) is 36.3 Å². The number of hydrogen-bond acceptors (Lipinski definition) is 4. The molecule has 0 heterocycles. The van der Waals surface area contributed by atoms with Gasteiger partial charge in [-0.25, -0.2) is 8.42 Å². The molecule has 1 aromatic rings. The van der Waals surface area contributed by atoms with Gasteiger partial charge in [0.25, 0.3) is 0 Å². The van der Waals surface area contributed by atoms with Gasteiger partial charge in [-0.15, -0.1) is 0 Å². The molecule has 102 valence electrons. The highest BCUT2D eigenvalue weighted by Gasteiger charge is 2.58. The van der Waals surface area contributed by atoms with Crippen LogP contribution in [0.25, 0.3) is 0 Å². The molecule has 0 aromatic heterocycles. The Morgan fingerprint density at radius 3 is 2.42 bits per heavy atom. The molecule has 4 nitrogen and oxygen atoms in total. The fourth-order valence-corrected chi connectivity index (χ4v) is 5.08. The lowest BCUT2D eigenvalue weighted by atomic mass is 9.64. The molecule has 1 fully saturated rings. The number of sulfone groups is 1. The highest BCUT2D eigenvalue weighted by molar-refractivity contribution is 7.93. The highest BCUT2D eigenvalue weighted by Crippen LogP contribution is 2.53. The van der Waals surface area contributed by atoms with Crippen molar-refractivity contribution >= 4 is 9.84 Å². The second-order valence-corrected chi connectivity index (χ2v) is 8.07. The maximum Gasteiger partial charge on any atom is 0.197 e. The molecule has 1 aliphatic rings. The van der Waals surface area contributed by atoms with Crippen molar-refractivity contribution in [3.05, 3.63) is 24.3 Å². The SMILES string of the molecule is COc1cccc(S(=O)(=O)C2(C#N)CC(C)(C)C2)c1. The van der Waals surface area contributed by atoms with Gasteiger partial charge in [-0.05, 0) is 36.5 Å². The molecule has 0 aliphatic heterocycles. The third-order valence-electron chi connectivity index (χ3n) is 3.60. The van der Waals surface area contributed by atoms with Crippen LogP contribution >= 0.6 is 0 Å². The summed E-state index contributed by atoms with van der Waals surface area (Å²) in [6, 6.07) is 8.32. The summed E-state index contributed by atoms with van der Waals surface area (Å²) in [6.45, 7) is 3.95. The summed E-state index contributed by atoms with van der Waals surface area (Å²) in [6.07, 6.45) is 0.742. The molecule has 5 heteroatoms. The van der Waals surface area contributed by atoms with E-state index in [-0.39, 0.29) is 10.3 Å². The quantitative estimate of drug-likeness (QED) is 0.852. The van der Waals surface area contributed by atoms with Gasteiger partial charge in [-0.1, -0.05) is 19.9 Å². The lowest BCUT2D eigenvalue weighted by Gasteiger charge is -2.47. The van der Waals surface area contributed by atoms with Crippen molar-refractivity contribution in [1.82, 2.24) is 0 Å². The van der Waals surface area contributed by atoms with Crippen LogP contribution in [0.2, 0.25) is 0 Å². The molecule has 0 unspecified atom stereocenters. The third-order valence-corrected chi connectivity index (χ3v) is 5.88. The number of nitrogens with zero attached hydrogens (tertiary/aromatic N) is 1.